The monoisotopic (exact) mass is 455 g/mol. The van der Waals surface area contributed by atoms with Gasteiger partial charge >= 0.3 is 0 Å². The number of hydrogen-bond acceptors (Lipinski definition) is 5. The van der Waals surface area contributed by atoms with Crippen LogP contribution in [0.3, 0.4) is 0 Å². The van der Waals surface area contributed by atoms with E-state index in [0.29, 0.717) is 12.2 Å². The van der Waals surface area contributed by atoms with Crippen molar-refractivity contribution < 1.29 is 22.7 Å². The van der Waals surface area contributed by atoms with E-state index in [1.807, 2.05) is 0 Å². The number of amides is 1. The molecule has 1 heterocycles. The van der Waals surface area contributed by atoms with Gasteiger partial charge in [-0.25, -0.2) is 8.42 Å². The van der Waals surface area contributed by atoms with Crippen molar-refractivity contribution in [2.75, 3.05) is 11.1 Å². The number of carbonyl (C=O) groups is 1. The lowest BCUT2D eigenvalue weighted by molar-refractivity contribution is 0.0994. The normalized spacial score (nSPS) is 11.6. The first kappa shape index (κ1) is 23.6. The van der Waals surface area contributed by atoms with E-state index < -0.39 is 15.7 Å². The Morgan fingerprint density at radius 2 is 1.53 bits per heavy atom. The molecule has 0 fully saturated rings. The zero-order valence-electron chi connectivity index (χ0n) is 19.3. The van der Waals surface area contributed by atoms with Crippen LogP contribution in [0.25, 0.3) is 0 Å². The number of hydrogen-bond donors (Lipinski definition) is 2. The number of sulfone groups is 1. The van der Waals surface area contributed by atoms with Gasteiger partial charge in [0.1, 0.15) is 11.5 Å². The van der Waals surface area contributed by atoms with Crippen LogP contribution in [-0.2, 0) is 16.3 Å². The molecule has 0 aliphatic carbocycles. The number of phenolic OH excluding ortho intramolecular Hbond substituents is 1. The Morgan fingerprint density at radius 3 is 2.12 bits per heavy atom. The molecule has 0 spiro atoms. The third-order valence-corrected chi connectivity index (χ3v) is 8.08. The minimum Gasteiger partial charge on any atom is -0.506 e. The summed E-state index contributed by atoms with van der Waals surface area (Å²) in [6, 6.07) is 7.15. The molecule has 3 rings (SSSR count). The summed E-state index contributed by atoms with van der Waals surface area (Å²) < 4.78 is 30.0. The van der Waals surface area contributed by atoms with Crippen molar-refractivity contribution >= 4 is 21.4 Å². The molecule has 2 aromatic carbocycles. The van der Waals surface area contributed by atoms with Crippen molar-refractivity contribution in [1.82, 2.24) is 0 Å². The summed E-state index contributed by atoms with van der Waals surface area (Å²) in [5.74, 6) is -0.141. The summed E-state index contributed by atoms with van der Waals surface area (Å²) in [6.45, 7) is 12.1. The molecule has 0 saturated carbocycles. The lowest BCUT2D eigenvalue weighted by Gasteiger charge is -2.18. The molecule has 0 unspecified atom stereocenters. The second kappa shape index (κ2) is 8.82. The van der Waals surface area contributed by atoms with Gasteiger partial charge in [0.2, 0.25) is 0 Å². The van der Waals surface area contributed by atoms with Crippen LogP contribution in [0.1, 0.15) is 56.6 Å². The number of carbonyl (C=O) groups excluding carboxylic acids is 1. The van der Waals surface area contributed by atoms with Gasteiger partial charge in [-0.3, -0.25) is 4.79 Å². The predicted octanol–water partition coefficient (Wildman–Crippen LogP) is 5.16. The fourth-order valence-corrected chi connectivity index (χ4v) is 4.68. The van der Waals surface area contributed by atoms with Crippen LogP contribution < -0.4 is 5.32 Å². The van der Waals surface area contributed by atoms with Gasteiger partial charge in [-0.2, -0.15) is 0 Å². The molecule has 0 radical (unpaired) electrons. The number of furan rings is 1. The summed E-state index contributed by atoms with van der Waals surface area (Å²) in [4.78, 5) is 12.7. The molecule has 1 amide bonds. The molecule has 6 nitrogen and oxygen atoms in total. The molecule has 0 saturated heterocycles. The van der Waals surface area contributed by atoms with E-state index in [4.69, 9.17) is 4.42 Å². The van der Waals surface area contributed by atoms with Gasteiger partial charge in [0.25, 0.3) is 5.91 Å². The summed E-state index contributed by atoms with van der Waals surface area (Å²) in [7, 11) is -3.47. The summed E-state index contributed by atoms with van der Waals surface area (Å²) >= 11 is 0. The zero-order chi connectivity index (χ0) is 23.8. The minimum atomic E-state index is -3.47. The third-order valence-electron chi connectivity index (χ3n) is 6.35. The molecular weight excluding hydrogens is 426 g/mol. The van der Waals surface area contributed by atoms with Crippen molar-refractivity contribution in [2.24, 2.45) is 0 Å². The number of aromatic hydroxyl groups is 1. The molecule has 0 atom stereocenters. The van der Waals surface area contributed by atoms with Crippen molar-refractivity contribution in [3.05, 3.63) is 75.2 Å². The van der Waals surface area contributed by atoms with Crippen LogP contribution >= 0.6 is 0 Å². The minimum absolute atomic E-state index is 0.0129. The van der Waals surface area contributed by atoms with Crippen LogP contribution in [0.2, 0.25) is 0 Å². The van der Waals surface area contributed by atoms with Gasteiger partial charge in [-0.1, -0.05) is 6.92 Å². The van der Waals surface area contributed by atoms with Crippen molar-refractivity contribution in [1.29, 1.82) is 0 Å². The Hall–Kier alpha value is -3.06. The number of anilines is 1. The molecule has 32 heavy (non-hydrogen) atoms. The smallest absolute Gasteiger partial charge is 0.291 e. The van der Waals surface area contributed by atoms with Gasteiger partial charge in [0, 0.05) is 6.42 Å². The molecule has 0 aliphatic heterocycles. The van der Waals surface area contributed by atoms with Gasteiger partial charge in [0.15, 0.2) is 15.6 Å². The quantitative estimate of drug-likeness (QED) is 0.500. The Labute approximate surface area is 189 Å². The van der Waals surface area contributed by atoms with Gasteiger partial charge in [-0.05, 0) is 98.3 Å². The van der Waals surface area contributed by atoms with Crippen LogP contribution in [0.5, 0.6) is 5.75 Å². The van der Waals surface area contributed by atoms with Crippen LogP contribution in [-0.4, -0.2) is 25.2 Å². The highest BCUT2D eigenvalue weighted by Gasteiger charge is 2.19. The van der Waals surface area contributed by atoms with Crippen LogP contribution in [0.4, 0.5) is 5.69 Å². The van der Waals surface area contributed by atoms with E-state index in [1.165, 1.54) is 58.5 Å². The molecule has 2 N–H and O–H groups in total. The van der Waals surface area contributed by atoms with Crippen molar-refractivity contribution in [2.45, 2.75) is 52.9 Å². The highest BCUT2D eigenvalue weighted by atomic mass is 32.2. The van der Waals surface area contributed by atoms with E-state index >= 15 is 0 Å². The zero-order valence-corrected chi connectivity index (χ0v) is 20.1. The number of phenols is 1. The summed E-state index contributed by atoms with van der Waals surface area (Å²) in [5, 5.41) is 12.6. The molecule has 7 heteroatoms. The molecule has 170 valence electrons. The first-order valence-corrected chi connectivity index (χ1v) is 12.1. The average Bonchev–Trinajstić information content (AvgIpc) is 3.24. The van der Waals surface area contributed by atoms with Crippen LogP contribution in [0.15, 0.2) is 39.6 Å². The topological polar surface area (TPSA) is 96.6 Å². The number of benzene rings is 2. The largest absolute Gasteiger partial charge is 0.506 e. The van der Waals surface area contributed by atoms with Gasteiger partial charge in [-0.15, -0.1) is 0 Å². The highest BCUT2D eigenvalue weighted by Crippen LogP contribution is 2.30. The fourth-order valence-electron chi connectivity index (χ4n) is 3.77. The number of rotatable bonds is 6. The first-order chi connectivity index (χ1) is 15.0. The molecule has 0 aliphatic rings. The Kier molecular flexibility index (Phi) is 6.51. The first-order valence-electron chi connectivity index (χ1n) is 10.5. The van der Waals surface area contributed by atoms with E-state index in [0.717, 1.165) is 0 Å². The van der Waals surface area contributed by atoms with E-state index in [9.17, 15) is 18.3 Å². The van der Waals surface area contributed by atoms with Crippen LogP contribution in [0, 0.1) is 34.6 Å². The summed E-state index contributed by atoms with van der Waals surface area (Å²) in [6.07, 6.45) is 0.558. The van der Waals surface area contributed by atoms with Gasteiger partial charge < -0.3 is 14.8 Å². The highest BCUT2D eigenvalue weighted by molar-refractivity contribution is 7.91. The van der Waals surface area contributed by atoms with Crippen molar-refractivity contribution in [3.8, 4) is 5.75 Å². The maximum absolute atomic E-state index is 12.7. The third kappa shape index (κ3) is 4.43. The maximum atomic E-state index is 12.7. The molecule has 1 aromatic heterocycles. The van der Waals surface area contributed by atoms with E-state index in [-0.39, 0.29) is 27.8 Å². The lowest BCUT2D eigenvalue weighted by Crippen LogP contribution is -2.12. The maximum Gasteiger partial charge on any atom is 0.291 e. The summed E-state index contributed by atoms with van der Waals surface area (Å²) in [5.41, 5.74) is 7.42. The second-order valence-corrected chi connectivity index (χ2v) is 10.4. The Morgan fingerprint density at radius 1 is 0.938 bits per heavy atom. The molecular formula is C25H29NO5S. The predicted molar refractivity (Wildman–Crippen MR) is 125 cm³/mol. The Bertz CT molecular complexity index is 1270. The van der Waals surface area contributed by atoms with Gasteiger partial charge in [0.05, 0.1) is 16.3 Å². The second-order valence-electron chi connectivity index (χ2n) is 8.08. The SMILES string of the molecule is CCS(=O)(=O)c1ccc(O)c(NC(=O)c2ccc(Cc3c(C)c(C)c(C)c(C)c3C)o2)c1. The molecule has 0 bridgehead atoms. The standard InChI is InChI=1S/C25H29NO5S/c1-7-32(29,30)20-9-10-23(27)22(13-20)26-25(28)24-11-8-19(31-24)12-21-17(5)15(3)14(2)16(4)18(21)6/h8-11,13,27H,7,12H2,1-6H3,(H,26,28). The fraction of sp³-hybridized carbons (Fsp3) is 0.320. The van der Waals surface area contributed by atoms with Crippen molar-refractivity contribution in [3.63, 3.8) is 0 Å². The van der Waals surface area contributed by atoms with E-state index in [2.05, 4.69) is 39.9 Å². The lowest BCUT2D eigenvalue weighted by atomic mass is 9.88. The molecule has 3 aromatic rings. The average molecular weight is 456 g/mol. The number of nitrogens with one attached hydrogen (secondary N) is 1. The van der Waals surface area contributed by atoms with E-state index in [1.54, 1.807) is 12.1 Å². The Balaban J connectivity index is 1.85.